The van der Waals surface area contributed by atoms with Crippen LogP contribution >= 0.6 is 0 Å². The average Bonchev–Trinajstić information content (AvgIpc) is 3.18. The van der Waals surface area contributed by atoms with Crippen LogP contribution in [0.1, 0.15) is 66.6 Å². The number of carbonyl (C=O) groups excluding carboxylic acids is 1. The van der Waals surface area contributed by atoms with Crippen LogP contribution in [0.4, 0.5) is 0 Å². The Labute approximate surface area is 208 Å². The van der Waals surface area contributed by atoms with E-state index in [1.165, 1.54) is 0 Å². The first-order valence-corrected chi connectivity index (χ1v) is 12.2. The number of fused-ring (bicyclic) bond motifs is 1. The van der Waals surface area contributed by atoms with Crippen molar-refractivity contribution < 1.29 is 28.8 Å². The molecule has 2 aromatic carbocycles. The van der Waals surface area contributed by atoms with Crippen molar-refractivity contribution in [2.24, 2.45) is 0 Å². The van der Waals surface area contributed by atoms with Crippen molar-refractivity contribution in [1.82, 2.24) is 4.90 Å². The summed E-state index contributed by atoms with van der Waals surface area (Å²) in [6.07, 6.45) is 6.00. The fourth-order valence-electron chi connectivity index (χ4n) is 4.33. The van der Waals surface area contributed by atoms with E-state index in [1.54, 1.807) is 45.6 Å². The molecule has 0 unspecified atom stereocenters. The number of ketones is 1. The van der Waals surface area contributed by atoms with Crippen molar-refractivity contribution in [3.05, 3.63) is 46.2 Å². The molecule has 1 heterocycles. The van der Waals surface area contributed by atoms with E-state index in [1.807, 2.05) is 6.92 Å². The van der Waals surface area contributed by atoms with Crippen molar-refractivity contribution in [3.8, 4) is 28.7 Å². The number of nitrogens with zero attached hydrogens (tertiary/aromatic N) is 1. The van der Waals surface area contributed by atoms with Gasteiger partial charge in [-0.1, -0.05) is 26.7 Å². The Bertz CT molecular complexity index is 1060. The molecule has 3 rings (SSSR count). The third-order valence-corrected chi connectivity index (χ3v) is 6.24. The first-order chi connectivity index (χ1) is 16.9. The zero-order chi connectivity index (χ0) is 25.5. The second-order valence-corrected chi connectivity index (χ2v) is 8.78. The monoisotopic (exact) mass is 483 g/mol. The van der Waals surface area contributed by atoms with Crippen LogP contribution in [0.3, 0.4) is 0 Å². The van der Waals surface area contributed by atoms with Crippen LogP contribution in [-0.4, -0.2) is 50.2 Å². The molecule has 35 heavy (non-hydrogen) atoms. The first-order valence-electron chi connectivity index (χ1n) is 12.2. The quantitative estimate of drug-likeness (QED) is 0.386. The highest BCUT2D eigenvalue weighted by Gasteiger charge is 2.33. The van der Waals surface area contributed by atoms with Crippen molar-refractivity contribution >= 4 is 11.9 Å². The van der Waals surface area contributed by atoms with E-state index in [2.05, 4.69) is 18.7 Å². The normalized spacial score (nSPS) is 13.8. The average molecular weight is 484 g/mol. The van der Waals surface area contributed by atoms with E-state index in [0.29, 0.717) is 51.8 Å². The Morgan fingerprint density at radius 2 is 1.57 bits per heavy atom. The van der Waals surface area contributed by atoms with E-state index < -0.39 is 0 Å². The molecular weight excluding hydrogens is 446 g/mol. The van der Waals surface area contributed by atoms with Crippen LogP contribution in [0.15, 0.2) is 24.0 Å². The Morgan fingerprint density at radius 1 is 0.971 bits per heavy atom. The molecule has 0 spiro atoms. The minimum absolute atomic E-state index is 0.154. The predicted octanol–water partition coefficient (Wildman–Crippen LogP) is 5.74. The van der Waals surface area contributed by atoms with E-state index in [-0.39, 0.29) is 17.3 Å². The molecule has 0 atom stereocenters. The van der Waals surface area contributed by atoms with Gasteiger partial charge in [-0.05, 0) is 68.3 Å². The number of ether oxygens (including phenoxy) is 4. The van der Waals surface area contributed by atoms with Crippen LogP contribution in [0, 0.1) is 6.92 Å². The summed E-state index contributed by atoms with van der Waals surface area (Å²) >= 11 is 0. The van der Waals surface area contributed by atoms with Crippen molar-refractivity contribution in [2.75, 3.05) is 34.4 Å². The van der Waals surface area contributed by atoms with Gasteiger partial charge in [0.25, 0.3) is 0 Å². The Balaban J connectivity index is 2.00. The summed E-state index contributed by atoms with van der Waals surface area (Å²) in [5.41, 5.74) is 2.52. The molecule has 7 nitrogen and oxygen atoms in total. The SMILES string of the molecule is CCCCN(CCCC)Cc1c(O)cc(C)c2c1O/C(=C/c1cc(OC)c(OC)c(OC)c1)C2=O. The molecule has 1 N–H and O–H groups in total. The smallest absolute Gasteiger partial charge is 0.232 e. The number of benzene rings is 2. The summed E-state index contributed by atoms with van der Waals surface area (Å²) in [6.45, 7) is 8.54. The van der Waals surface area contributed by atoms with Crippen LogP contribution < -0.4 is 18.9 Å². The number of Topliss-reactive ketones (excluding diaryl/α,β-unsaturated/α-hetero) is 1. The molecule has 0 bridgehead atoms. The standard InChI is InChI=1S/C28H37NO6/c1-7-9-11-29(12-10-8-2)17-20-21(30)13-18(3)25-26(31)22(35-27(20)25)14-19-15-23(32-4)28(34-6)24(16-19)33-5/h13-16,30H,7-12,17H2,1-6H3/b22-14+. The van der Waals surface area contributed by atoms with E-state index >= 15 is 0 Å². The summed E-state index contributed by atoms with van der Waals surface area (Å²) in [6, 6.07) is 5.18. The van der Waals surface area contributed by atoms with Crippen LogP contribution in [-0.2, 0) is 6.54 Å². The number of hydrogen-bond donors (Lipinski definition) is 1. The topological polar surface area (TPSA) is 77.5 Å². The van der Waals surface area contributed by atoms with Crippen molar-refractivity contribution in [2.45, 2.75) is 53.0 Å². The fraction of sp³-hybridized carbons (Fsp3) is 0.464. The van der Waals surface area contributed by atoms with Gasteiger partial charge >= 0.3 is 0 Å². The van der Waals surface area contributed by atoms with E-state index in [0.717, 1.165) is 38.8 Å². The number of aromatic hydroxyl groups is 1. The van der Waals surface area contributed by atoms with E-state index in [4.69, 9.17) is 18.9 Å². The third kappa shape index (κ3) is 5.73. The fourth-order valence-corrected chi connectivity index (χ4v) is 4.33. The van der Waals surface area contributed by atoms with Crippen LogP contribution in [0.2, 0.25) is 0 Å². The second kappa shape index (κ2) is 12.0. The molecule has 1 aliphatic rings. The maximum absolute atomic E-state index is 13.4. The van der Waals surface area contributed by atoms with Gasteiger partial charge in [0.05, 0.1) is 32.5 Å². The zero-order valence-corrected chi connectivity index (χ0v) is 21.7. The molecule has 7 heteroatoms. The minimum atomic E-state index is -0.207. The number of carbonyl (C=O) groups is 1. The van der Waals surface area contributed by atoms with Crippen LogP contribution in [0.25, 0.3) is 6.08 Å². The molecule has 0 saturated heterocycles. The van der Waals surface area contributed by atoms with Gasteiger partial charge in [0, 0.05) is 6.54 Å². The Morgan fingerprint density at radius 3 is 2.09 bits per heavy atom. The maximum atomic E-state index is 13.4. The highest BCUT2D eigenvalue weighted by Crippen LogP contribution is 2.43. The molecule has 2 aromatic rings. The number of allylic oxidation sites excluding steroid dienone is 1. The number of unbranched alkanes of at least 4 members (excludes halogenated alkanes) is 2. The molecule has 0 amide bonds. The summed E-state index contributed by atoms with van der Waals surface area (Å²) in [5, 5.41) is 10.8. The lowest BCUT2D eigenvalue weighted by molar-refractivity contribution is 0.101. The second-order valence-electron chi connectivity index (χ2n) is 8.78. The van der Waals surface area contributed by atoms with Gasteiger partial charge in [-0.15, -0.1) is 0 Å². The minimum Gasteiger partial charge on any atom is -0.507 e. The third-order valence-electron chi connectivity index (χ3n) is 6.24. The lowest BCUT2D eigenvalue weighted by Gasteiger charge is -2.23. The van der Waals surface area contributed by atoms with Gasteiger partial charge in [-0.3, -0.25) is 9.69 Å². The number of phenols is 1. The molecule has 1 aliphatic heterocycles. The van der Waals surface area contributed by atoms with Gasteiger partial charge in [-0.25, -0.2) is 0 Å². The molecule has 0 aromatic heterocycles. The van der Waals surface area contributed by atoms with Gasteiger partial charge in [0.15, 0.2) is 17.3 Å². The maximum Gasteiger partial charge on any atom is 0.232 e. The number of aryl methyl sites for hydroxylation is 1. The molecule has 0 radical (unpaired) electrons. The summed E-state index contributed by atoms with van der Waals surface area (Å²) in [4.78, 5) is 15.7. The van der Waals surface area contributed by atoms with Gasteiger partial charge in [0.2, 0.25) is 11.5 Å². The molecule has 0 aliphatic carbocycles. The number of hydrogen-bond acceptors (Lipinski definition) is 7. The summed E-state index contributed by atoms with van der Waals surface area (Å²) in [7, 11) is 4.63. The molecule has 0 fully saturated rings. The van der Waals surface area contributed by atoms with E-state index in [9.17, 15) is 9.90 Å². The molecular formula is C28H37NO6. The van der Waals surface area contributed by atoms with Crippen molar-refractivity contribution in [1.29, 1.82) is 0 Å². The lowest BCUT2D eigenvalue weighted by atomic mass is 9.99. The summed E-state index contributed by atoms with van der Waals surface area (Å²) in [5.74, 6) is 2.03. The molecule has 190 valence electrons. The summed E-state index contributed by atoms with van der Waals surface area (Å²) < 4.78 is 22.4. The molecule has 0 saturated carbocycles. The highest BCUT2D eigenvalue weighted by atomic mass is 16.5. The van der Waals surface area contributed by atoms with Crippen LogP contribution in [0.5, 0.6) is 28.7 Å². The van der Waals surface area contributed by atoms with Gasteiger partial charge < -0.3 is 24.1 Å². The van der Waals surface area contributed by atoms with Gasteiger partial charge in [-0.2, -0.15) is 0 Å². The number of phenolic OH excluding ortho intramolecular Hbond substituents is 1. The number of methoxy groups -OCH3 is 3. The lowest BCUT2D eigenvalue weighted by Crippen LogP contribution is -2.26. The first kappa shape index (κ1) is 26.4. The highest BCUT2D eigenvalue weighted by molar-refractivity contribution is 6.16. The Kier molecular flexibility index (Phi) is 9.04. The largest absolute Gasteiger partial charge is 0.507 e. The zero-order valence-electron chi connectivity index (χ0n) is 21.7. The van der Waals surface area contributed by atoms with Gasteiger partial charge in [0.1, 0.15) is 11.5 Å². The Hall–Kier alpha value is -3.19. The predicted molar refractivity (Wildman–Crippen MR) is 137 cm³/mol. The van der Waals surface area contributed by atoms with Crippen molar-refractivity contribution in [3.63, 3.8) is 0 Å². The number of rotatable bonds is 12.